The Kier molecular flexibility index (Phi) is 1.90. The molecular weight excluding hydrogens is 206 g/mol. The Bertz CT molecular complexity index is 687. The van der Waals surface area contributed by atoms with E-state index in [9.17, 15) is 8.78 Å². The Labute approximate surface area is 91.1 Å². The second kappa shape index (κ2) is 3.27. The molecule has 0 aliphatic rings. The Morgan fingerprint density at radius 1 is 0.688 bits per heavy atom. The van der Waals surface area contributed by atoms with Crippen molar-refractivity contribution < 1.29 is 8.78 Å². The molecule has 0 spiro atoms. The van der Waals surface area contributed by atoms with Crippen molar-refractivity contribution in [2.24, 2.45) is 0 Å². The molecule has 0 saturated carbocycles. The van der Waals surface area contributed by atoms with E-state index in [0.29, 0.717) is 10.8 Å². The quantitative estimate of drug-likeness (QED) is 0.490. The lowest BCUT2D eigenvalue weighted by Crippen LogP contribution is -1.86. The summed E-state index contributed by atoms with van der Waals surface area (Å²) < 4.78 is 27.5. The number of halogens is 2. The SMILES string of the molecule is Fc1cc2ccccc2c2c(F)cccc12. The van der Waals surface area contributed by atoms with Gasteiger partial charge < -0.3 is 0 Å². The maximum absolute atomic E-state index is 13.7. The molecule has 3 aromatic carbocycles. The van der Waals surface area contributed by atoms with Crippen molar-refractivity contribution in [1.82, 2.24) is 0 Å². The van der Waals surface area contributed by atoms with E-state index in [0.717, 1.165) is 10.8 Å². The van der Waals surface area contributed by atoms with Crippen molar-refractivity contribution >= 4 is 21.5 Å². The van der Waals surface area contributed by atoms with Crippen molar-refractivity contribution in [1.29, 1.82) is 0 Å². The zero-order chi connectivity index (χ0) is 11.1. The Hall–Kier alpha value is -1.96. The molecule has 0 amide bonds. The normalized spacial score (nSPS) is 11.1. The summed E-state index contributed by atoms with van der Waals surface area (Å²) in [7, 11) is 0. The molecule has 0 atom stereocenters. The molecule has 0 nitrogen and oxygen atoms in total. The predicted octanol–water partition coefficient (Wildman–Crippen LogP) is 4.27. The third-order valence-corrected chi connectivity index (χ3v) is 2.78. The van der Waals surface area contributed by atoms with Crippen molar-refractivity contribution in [3.63, 3.8) is 0 Å². The molecule has 16 heavy (non-hydrogen) atoms. The number of hydrogen-bond acceptors (Lipinski definition) is 0. The van der Waals surface area contributed by atoms with E-state index in [-0.39, 0.29) is 11.6 Å². The highest BCUT2D eigenvalue weighted by Crippen LogP contribution is 2.29. The monoisotopic (exact) mass is 214 g/mol. The van der Waals surface area contributed by atoms with Gasteiger partial charge in [0.15, 0.2) is 0 Å². The van der Waals surface area contributed by atoms with E-state index in [1.54, 1.807) is 18.2 Å². The van der Waals surface area contributed by atoms with Crippen LogP contribution in [0.25, 0.3) is 21.5 Å². The summed E-state index contributed by atoms with van der Waals surface area (Å²) in [5.74, 6) is -0.763. The molecule has 0 radical (unpaired) electrons. The van der Waals surface area contributed by atoms with Gasteiger partial charge in [0.25, 0.3) is 0 Å². The van der Waals surface area contributed by atoms with E-state index < -0.39 is 0 Å². The highest BCUT2D eigenvalue weighted by atomic mass is 19.1. The fraction of sp³-hybridized carbons (Fsp3) is 0. The van der Waals surface area contributed by atoms with Gasteiger partial charge in [0, 0.05) is 10.8 Å². The molecule has 2 heteroatoms. The van der Waals surface area contributed by atoms with Crippen LogP contribution in [-0.4, -0.2) is 0 Å². The van der Waals surface area contributed by atoms with Crippen LogP contribution in [0.4, 0.5) is 8.78 Å². The first-order chi connectivity index (χ1) is 7.77. The lowest BCUT2D eigenvalue weighted by molar-refractivity contribution is 0.630. The fourth-order valence-electron chi connectivity index (χ4n) is 2.06. The predicted molar refractivity (Wildman–Crippen MR) is 61.4 cm³/mol. The highest BCUT2D eigenvalue weighted by molar-refractivity contribution is 6.07. The average Bonchev–Trinajstić information content (AvgIpc) is 2.30. The summed E-state index contributed by atoms with van der Waals surface area (Å²) in [5, 5.41) is 2.16. The summed E-state index contributed by atoms with van der Waals surface area (Å²) in [6, 6.07) is 13.1. The van der Waals surface area contributed by atoms with Crippen molar-refractivity contribution in [2.75, 3.05) is 0 Å². The molecular formula is C14H8F2. The Morgan fingerprint density at radius 3 is 2.31 bits per heavy atom. The summed E-state index contributed by atoms with van der Waals surface area (Å²) >= 11 is 0. The Balaban J connectivity index is 2.67. The summed E-state index contributed by atoms with van der Waals surface area (Å²) in [4.78, 5) is 0. The van der Waals surface area contributed by atoms with Crippen LogP contribution in [0.5, 0.6) is 0 Å². The lowest BCUT2D eigenvalue weighted by atomic mass is 10.0. The van der Waals surface area contributed by atoms with Gasteiger partial charge in [0.05, 0.1) is 0 Å². The average molecular weight is 214 g/mol. The molecule has 0 bridgehead atoms. The molecule has 0 aliphatic heterocycles. The van der Waals surface area contributed by atoms with Gasteiger partial charge in [-0.15, -0.1) is 0 Å². The fourth-order valence-corrected chi connectivity index (χ4v) is 2.06. The van der Waals surface area contributed by atoms with Crippen LogP contribution < -0.4 is 0 Å². The minimum atomic E-state index is -0.381. The highest BCUT2D eigenvalue weighted by Gasteiger charge is 2.09. The molecule has 0 unspecified atom stereocenters. The van der Waals surface area contributed by atoms with Gasteiger partial charge in [-0.05, 0) is 22.9 Å². The van der Waals surface area contributed by atoms with E-state index in [4.69, 9.17) is 0 Å². The first-order valence-electron chi connectivity index (χ1n) is 5.03. The molecule has 78 valence electrons. The van der Waals surface area contributed by atoms with Crippen LogP contribution in [0, 0.1) is 11.6 Å². The number of benzene rings is 3. The maximum atomic E-state index is 13.7. The van der Waals surface area contributed by atoms with Gasteiger partial charge in [-0.1, -0.05) is 36.4 Å². The standard InChI is InChI=1S/C14H8F2/c15-12-7-3-6-11-13(16)8-9-4-1-2-5-10(9)14(11)12/h1-8H. The minimum Gasteiger partial charge on any atom is -0.206 e. The summed E-state index contributed by atoms with van der Waals surface area (Å²) in [6.07, 6.45) is 0. The minimum absolute atomic E-state index is 0.332. The van der Waals surface area contributed by atoms with E-state index >= 15 is 0 Å². The molecule has 0 heterocycles. The largest absolute Gasteiger partial charge is 0.206 e. The van der Waals surface area contributed by atoms with Gasteiger partial charge in [-0.2, -0.15) is 0 Å². The molecule has 3 aromatic rings. The second-order valence-electron chi connectivity index (χ2n) is 3.74. The van der Waals surface area contributed by atoms with Crippen LogP contribution in [-0.2, 0) is 0 Å². The van der Waals surface area contributed by atoms with Gasteiger partial charge >= 0.3 is 0 Å². The van der Waals surface area contributed by atoms with Crippen molar-refractivity contribution in [3.05, 3.63) is 60.2 Å². The first kappa shape index (κ1) is 9.28. The molecule has 0 aliphatic carbocycles. The molecule has 0 fully saturated rings. The summed E-state index contributed by atoms with van der Waals surface area (Å²) in [6.45, 7) is 0. The smallest absolute Gasteiger partial charge is 0.131 e. The maximum Gasteiger partial charge on any atom is 0.131 e. The van der Waals surface area contributed by atoms with Crippen LogP contribution in [0.2, 0.25) is 0 Å². The topological polar surface area (TPSA) is 0 Å². The van der Waals surface area contributed by atoms with Gasteiger partial charge in [0.1, 0.15) is 11.6 Å². The number of hydrogen-bond donors (Lipinski definition) is 0. The lowest BCUT2D eigenvalue weighted by Gasteiger charge is -2.05. The molecule has 0 aromatic heterocycles. The molecule has 0 saturated heterocycles. The third kappa shape index (κ3) is 1.20. The zero-order valence-corrected chi connectivity index (χ0v) is 8.37. The van der Waals surface area contributed by atoms with Gasteiger partial charge in [-0.3, -0.25) is 0 Å². The van der Waals surface area contributed by atoms with E-state index in [2.05, 4.69) is 0 Å². The second-order valence-corrected chi connectivity index (χ2v) is 3.74. The third-order valence-electron chi connectivity index (χ3n) is 2.78. The molecule has 0 N–H and O–H groups in total. The first-order valence-corrected chi connectivity index (χ1v) is 5.03. The van der Waals surface area contributed by atoms with E-state index in [1.807, 2.05) is 12.1 Å². The van der Waals surface area contributed by atoms with E-state index in [1.165, 1.54) is 18.2 Å². The van der Waals surface area contributed by atoms with Crippen molar-refractivity contribution in [3.8, 4) is 0 Å². The zero-order valence-electron chi connectivity index (χ0n) is 8.37. The Morgan fingerprint density at radius 2 is 1.44 bits per heavy atom. The van der Waals surface area contributed by atoms with Gasteiger partial charge in [0.2, 0.25) is 0 Å². The van der Waals surface area contributed by atoms with Crippen LogP contribution >= 0.6 is 0 Å². The van der Waals surface area contributed by atoms with Crippen molar-refractivity contribution in [2.45, 2.75) is 0 Å². The number of rotatable bonds is 0. The van der Waals surface area contributed by atoms with Crippen LogP contribution in [0.1, 0.15) is 0 Å². The summed E-state index contributed by atoms with van der Waals surface area (Å²) in [5.41, 5.74) is 0. The van der Waals surface area contributed by atoms with Gasteiger partial charge in [-0.25, -0.2) is 8.78 Å². The molecule has 3 rings (SSSR count). The van der Waals surface area contributed by atoms with Crippen LogP contribution in [0.3, 0.4) is 0 Å². The number of fused-ring (bicyclic) bond motifs is 3. The van der Waals surface area contributed by atoms with Crippen LogP contribution in [0.15, 0.2) is 48.5 Å².